The van der Waals surface area contributed by atoms with E-state index in [-0.39, 0.29) is 40.3 Å². The molecule has 6 heterocycles. The number of methoxy groups -OCH3 is 1. The second kappa shape index (κ2) is 20.1. The fraction of sp³-hybridized carbons (Fsp3) is 0.532. The largest absolute Gasteiger partial charge is 0.464 e. The third kappa shape index (κ3) is 10.2. The van der Waals surface area contributed by atoms with E-state index in [0.717, 1.165) is 62.8 Å². The van der Waals surface area contributed by atoms with Gasteiger partial charge in [-0.3, -0.25) is 29.3 Å². The molecule has 2 saturated heterocycles. The number of rotatable bonds is 9. The van der Waals surface area contributed by atoms with Crippen LogP contribution in [0, 0.1) is 5.41 Å². The van der Waals surface area contributed by atoms with Gasteiger partial charge in [0.1, 0.15) is 11.7 Å². The smallest absolute Gasteiger partial charge is 0.324 e. The number of hydrazine groups is 1. The van der Waals surface area contributed by atoms with Crippen molar-refractivity contribution in [3.05, 3.63) is 69.4 Å². The molecule has 2 fully saturated rings. The van der Waals surface area contributed by atoms with E-state index < -0.39 is 33.8 Å². The van der Waals surface area contributed by atoms with Crippen LogP contribution in [0.15, 0.2) is 53.2 Å². The number of carbonyl (C=O) groups excluding carboxylic acids is 4. The van der Waals surface area contributed by atoms with Crippen molar-refractivity contribution in [3.8, 4) is 22.5 Å². The van der Waals surface area contributed by atoms with Gasteiger partial charge in [0.15, 0.2) is 14.6 Å². The van der Waals surface area contributed by atoms with Crippen molar-refractivity contribution in [3.63, 3.8) is 0 Å². The molecule has 18 heteroatoms. The number of nitrogens with one attached hydrogen (secondary N) is 2. The molecule has 3 aliphatic rings. The molecule has 15 nitrogen and oxygen atoms in total. The highest BCUT2D eigenvalue weighted by atomic mass is 32.2. The van der Waals surface area contributed by atoms with Gasteiger partial charge in [-0.2, -0.15) is 0 Å². The number of nitrogens with zero attached hydrogens (tertiary/aromatic N) is 7. The van der Waals surface area contributed by atoms with E-state index >= 15 is 0 Å². The first-order valence-electron chi connectivity index (χ1n) is 22.3. The number of hydrogen-bond donors (Lipinski definition) is 2. The molecular formula is C47H63N9O6S2Si. The van der Waals surface area contributed by atoms with Crippen molar-refractivity contribution < 1.29 is 28.7 Å². The zero-order valence-corrected chi connectivity index (χ0v) is 42.0. The maximum atomic E-state index is 14.6. The van der Waals surface area contributed by atoms with Crippen LogP contribution in [0.2, 0.25) is 5.54 Å². The Morgan fingerprint density at radius 1 is 1.15 bits per heavy atom. The minimum Gasteiger partial charge on any atom is -0.464 e. The number of thioether (sulfide) groups is 1. The Kier molecular flexibility index (Phi) is 15.0. The fourth-order valence-corrected chi connectivity index (χ4v) is 11.5. The molecular weight excluding hydrogens is 879 g/mol. The van der Waals surface area contributed by atoms with Crippen LogP contribution < -0.4 is 10.4 Å². The predicted octanol–water partition coefficient (Wildman–Crippen LogP) is 6.31. The van der Waals surface area contributed by atoms with Crippen LogP contribution in [0.25, 0.3) is 33.4 Å². The molecule has 0 unspecified atom stereocenters. The number of carbonyl (C=O) groups is 4. The lowest BCUT2D eigenvalue weighted by molar-refractivity contribution is -0.154. The fourth-order valence-electron chi connectivity index (χ4n) is 8.98. The number of fused-ring (bicyclic) bond motifs is 6. The van der Waals surface area contributed by atoms with Crippen molar-refractivity contribution in [1.82, 2.24) is 44.7 Å². The molecule has 0 saturated carbocycles. The Morgan fingerprint density at radius 3 is 2.60 bits per heavy atom. The number of urea groups is 1. The number of hydrogen-bond acceptors (Lipinski definition) is 12. The van der Waals surface area contributed by atoms with Crippen molar-refractivity contribution in [2.24, 2.45) is 5.41 Å². The molecule has 2 N–H and O–H groups in total. The molecule has 0 spiro atoms. The first-order chi connectivity index (χ1) is 31.0. The summed E-state index contributed by atoms with van der Waals surface area (Å²) in [6.45, 7) is 15.9. The van der Waals surface area contributed by atoms with Crippen LogP contribution in [0.1, 0.15) is 70.6 Å². The first kappa shape index (κ1) is 48.3. The Morgan fingerprint density at radius 2 is 1.91 bits per heavy atom. The van der Waals surface area contributed by atoms with E-state index in [9.17, 15) is 19.2 Å². The summed E-state index contributed by atoms with van der Waals surface area (Å²) in [5.41, 5.74) is 9.68. The van der Waals surface area contributed by atoms with Gasteiger partial charge in [0.25, 0.3) is 5.91 Å². The topological polar surface area (TPSA) is 154 Å². The van der Waals surface area contributed by atoms with Gasteiger partial charge >= 0.3 is 12.0 Å². The Balaban J connectivity index is 1.27. The summed E-state index contributed by atoms with van der Waals surface area (Å²) >= 11 is 3.07. The monoisotopic (exact) mass is 941 g/mol. The second-order valence-electron chi connectivity index (χ2n) is 18.3. The molecule has 4 aromatic rings. The van der Waals surface area contributed by atoms with E-state index in [1.54, 1.807) is 44.7 Å². The maximum absolute atomic E-state index is 14.6. The number of benzene rings is 1. The molecule has 6 bridgehead atoms. The number of piperazine rings is 1. The van der Waals surface area contributed by atoms with Crippen LogP contribution in [0.4, 0.5) is 4.79 Å². The summed E-state index contributed by atoms with van der Waals surface area (Å²) in [7, 11) is 5.01. The molecule has 7 rings (SSSR count). The van der Waals surface area contributed by atoms with Crippen molar-refractivity contribution in [1.29, 1.82) is 0 Å². The summed E-state index contributed by atoms with van der Waals surface area (Å²) < 4.78 is 14.6. The van der Waals surface area contributed by atoms with E-state index in [1.165, 1.54) is 21.2 Å². The lowest BCUT2D eigenvalue weighted by atomic mass is 9.84. The van der Waals surface area contributed by atoms with Gasteiger partial charge in [-0.1, -0.05) is 19.9 Å². The highest BCUT2D eigenvalue weighted by Gasteiger charge is 2.38. The van der Waals surface area contributed by atoms with E-state index in [4.69, 9.17) is 19.4 Å². The SMILES string of the molecule is CCn1c(-c2cccnc2[C@](C)(OC)SC)c2c3cc(ccc31)-c1csc(n1)C[C@H]([Si]NC(=O)C(=C(C)C)N(C)C(=O)N1CCN(C)CC1)C(=O)N1CCC[C@H](N1)C(=O)OCC(C)(C)C2. The molecule has 4 amide bonds. The number of thiazole rings is 1. The zero-order chi connectivity index (χ0) is 46.8. The molecule has 3 aromatic heterocycles. The number of pyridine rings is 1. The average Bonchev–Trinajstić information content (AvgIpc) is 3.90. The summed E-state index contributed by atoms with van der Waals surface area (Å²) in [4.78, 5) is 73.8. The van der Waals surface area contributed by atoms with E-state index in [2.05, 4.69) is 64.9 Å². The van der Waals surface area contributed by atoms with Crippen LogP contribution in [-0.2, 0) is 48.2 Å². The Bertz CT molecular complexity index is 2450. The molecule has 2 radical (unpaired) electrons. The normalized spacial score (nSPS) is 20.5. The number of aryl methyl sites for hydroxylation is 1. The quantitative estimate of drug-likeness (QED) is 0.0841. The first-order valence-corrected chi connectivity index (χ1v) is 25.5. The summed E-state index contributed by atoms with van der Waals surface area (Å²) in [6, 6.07) is 9.57. The number of likely N-dealkylation sites (N-methyl/N-ethyl adjacent to an activating group) is 2. The lowest BCUT2D eigenvalue weighted by Gasteiger charge is -2.36. The molecule has 3 atom stereocenters. The number of ether oxygens (including phenoxy) is 2. The predicted molar refractivity (Wildman–Crippen MR) is 258 cm³/mol. The number of amides is 4. The van der Waals surface area contributed by atoms with Gasteiger partial charge in [0, 0.05) is 98.9 Å². The zero-order valence-electron chi connectivity index (χ0n) is 39.4. The van der Waals surface area contributed by atoms with Crippen molar-refractivity contribution in [2.75, 3.05) is 66.8 Å². The van der Waals surface area contributed by atoms with Gasteiger partial charge < -0.3 is 28.8 Å². The summed E-state index contributed by atoms with van der Waals surface area (Å²) in [5.74, 6) is -1.10. The Hall–Kier alpha value is -4.59. The van der Waals surface area contributed by atoms with E-state index in [0.29, 0.717) is 51.0 Å². The van der Waals surface area contributed by atoms with Gasteiger partial charge in [-0.05, 0) is 95.7 Å². The highest BCUT2D eigenvalue weighted by molar-refractivity contribution is 7.99. The van der Waals surface area contributed by atoms with Crippen LogP contribution >= 0.6 is 23.1 Å². The standard InChI is InChI=1S/C47H63N9O6S2Si/c1-11-55-36-17-16-30-24-32(36)33(40(55)31-14-12-18-48-41(31)47(6,61-9)63-10)26-46(4,5)28-62-44(59)34-15-13-19-56(50-34)43(58)37(25-38-49-35(30)27-64-38)65-51-42(57)39(29(2)3)53(8)45(60)54-22-20-52(7)21-23-54/h12,14,16-18,24,27,34,37,50H,11,13,15,19-23,25-26,28H2,1-10H3,(H,51,57)/t34-,37-,47+/m0/s1. The number of aromatic nitrogens is 3. The van der Waals surface area contributed by atoms with Gasteiger partial charge in [0.2, 0.25) is 5.91 Å². The summed E-state index contributed by atoms with van der Waals surface area (Å²) in [6.07, 6.45) is 5.79. The van der Waals surface area contributed by atoms with Crippen LogP contribution in [0.5, 0.6) is 0 Å². The number of cyclic esters (lactones) is 1. The second-order valence-corrected chi connectivity index (χ2v) is 21.6. The average molecular weight is 942 g/mol. The number of esters is 1. The summed E-state index contributed by atoms with van der Waals surface area (Å²) in [5, 5.41) is 5.35. The lowest BCUT2D eigenvalue weighted by Crippen LogP contribution is -2.57. The van der Waals surface area contributed by atoms with Crippen molar-refractivity contribution in [2.45, 2.75) is 90.3 Å². The van der Waals surface area contributed by atoms with Crippen molar-refractivity contribution >= 4 is 67.5 Å². The maximum Gasteiger partial charge on any atom is 0.324 e. The minimum atomic E-state index is -0.727. The van der Waals surface area contributed by atoms with Gasteiger partial charge in [0.05, 0.1) is 34.2 Å². The highest BCUT2D eigenvalue weighted by Crippen LogP contribution is 2.45. The molecule has 1 aromatic carbocycles. The Labute approximate surface area is 393 Å². The van der Waals surface area contributed by atoms with Crippen LogP contribution in [-0.4, -0.2) is 141 Å². The molecule has 3 aliphatic heterocycles. The van der Waals surface area contributed by atoms with E-state index in [1.807, 2.05) is 37.9 Å². The number of allylic oxidation sites excluding steroid dienone is 1. The molecule has 348 valence electrons. The molecule has 0 aliphatic carbocycles. The minimum absolute atomic E-state index is 0.153. The third-order valence-electron chi connectivity index (χ3n) is 12.7. The molecule has 65 heavy (non-hydrogen) atoms. The third-order valence-corrected chi connectivity index (χ3v) is 15.9. The van der Waals surface area contributed by atoms with Gasteiger partial charge in [-0.15, -0.1) is 23.1 Å². The van der Waals surface area contributed by atoms with Gasteiger partial charge in [-0.25, -0.2) is 15.2 Å². The van der Waals surface area contributed by atoms with Crippen LogP contribution in [0.3, 0.4) is 0 Å².